The molecule has 2 unspecified atom stereocenters. The van der Waals surface area contributed by atoms with Gasteiger partial charge >= 0.3 is 0 Å². The highest BCUT2D eigenvalue weighted by Crippen LogP contribution is 2.20. The van der Waals surface area contributed by atoms with E-state index in [1.54, 1.807) is 0 Å². The molecule has 2 atom stereocenters. The number of piperidine rings is 1. The quantitative estimate of drug-likeness (QED) is 0.443. The molecule has 7 heavy (non-hydrogen) atoms. The number of fused-ring (bicyclic) bond motifs is 2. The molecule has 1 N–H and O–H groups in total. The third-order valence-electron chi connectivity index (χ3n) is 1.47. The van der Waals surface area contributed by atoms with Crippen LogP contribution in [0.4, 0.5) is 0 Å². The van der Waals surface area contributed by atoms with E-state index >= 15 is 0 Å². The van der Waals surface area contributed by atoms with Gasteiger partial charge in [-0.15, -0.1) is 0 Å². The largest absolute Gasteiger partial charge is 0.372 e. The Bertz CT molecular complexity index is 64.6. The van der Waals surface area contributed by atoms with Crippen LogP contribution in [0.3, 0.4) is 0 Å². The molecule has 2 bridgehead atoms. The topological polar surface area (TPSA) is 21.3 Å². The first kappa shape index (κ1) is 3.87. The molecule has 0 amide bonds. The summed E-state index contributed by atoms with van der Waals surface area (Å²) in [6.07, 6.45) is 3.13. The molecule has 2 heteroatoms. The molecule has 3 aliphatic rings. The maximum Gasteiger partial charge on any atom is 0.0762 e. The summed E-state index contributed by atoms with van der Waals surface area (Å²) in [6.45, 7) is 2.05. The first-order chi connectivity index (χ1) is 3.45. The first-order valence-electron chi connectivity index (χ1n) is 2.66. The van der Waals surface area contributed by atoms with Crippen molar-refractivity contribution in [2.75, 3.05) is 13.1 Å². The van der Waals surface area contributed by atoms with Gasteiger partial charge in [-0.05, 0) is 0 Å². The molecule has 0 aromatic heterocycles. The van der Waals surface area contributed by atoms with Gasteiger partial charge in [0.1, 0.15) is 0 Å². The number of morpholine rings is 1. The van der Waals surface area contributed by atoms with Crippen LogP contribution in [0.2, 0.25) is 0 Å². The van der Waals surface area contributed by atoms with Crippen LogP contribution in [0.1, 0.15) is 0 Å². The zero-order chi connectivity index (χ0) is 4.69. The minimum atomic E-state index is 0.443. The van der Waals surface area contributed by atoms with E-state index in [9.17, 15) is 0 Å². The number of hydrogen-bond donors (Lipinski definition) is 1. The van der Waals surface area contributed by atoms with E-state index < -0.39 is 0 Å². The van der Waals surface area contributed by atoms with Gasteiger partial charge < -0.3 is 10.1 Å². The number of ether oxygens (including phenoxy) is 1. The summed E-state index contributed by atoms with van der Waals surface area (Å²) in [5.41, 5.74) is 0. The predicted molar refractivity (Wildman–Crippen MR) is 25.8 cm³/mol. The maximum absolute atomic E-state index is 5.26. The summed E-state index contributed by atoms with van der Waals surface area (Å²) in [6, 6.07) is 0. The van der Waals surface area contributed by atoms with Gasteiger partial charge in [0.15, 0.2) is 0 Å². The number of nitrogens with one attached hydrogen (secondary N) is 1. The fourth-order valence-electron chi connectivity index (χ4n) is 1.07. The average molecular weight is 98.1 g/mol. The molecule has 2 nitrogen and oxygen atoms in total. The molecule has 0 aliphatic carbocycles. The lowest BCUT2D eigenvalue weighted by Gasteiger charge is -2.41. The number of rotatable bonds is 0. The van der Waals surface area contributed by atoms with E-state index in [1.807, 2.05) is 0 Å². The molecular weight excluding hydrogens is 90.1 g/mol. The average Bonchev–Trinajstić information content (AvgIpc) is 1.67. The minimum Gasteiger partial charge on any atom is -0.372 e. The van der Waals surface area contributed by atoms with Crippen molar-refractivity contribution in [3.8, 4) is 0 Å². The lowest BCUT2D eigenvalue weighted by Crippen LogP contribution is -2.55. The highest BCUT2D eigenvalue weighted by atomic mass is 16.5. The summed E-state index contributed by atoms with van der Waals surface area (Å²) in [5, 5.41) is 3.23. The van der Waals surface area contributed by atoms with Gasteiger partial charge in [0.2, 0.25) is 0 Å². The zero-order valence-electron chi connectivity index (χ0n) is 4.05. The van der Waals surface area contributed by atoms with E-state index in [0.29, 0.717) is 12.2 Å². The van der Waals surface area contributed by atoms with E-state index in [1.165, 1.54) is 0 Å². The maximum atomic E-state index is 5.26. The molecule has 3 fully saturated rings. The monoisotopic (exact) mass is 98.1 g/mol. The Morgan fingerprint density at radius 3 is 2.14 bits per heavy atom. The Labute approximate surface area is 42.9 Å². The van der Waals surface area contributed by atoms with Gasteiger partial charge in [-0.3, -0.25) is 0 Å². The Balaban J connectivity index is 1.99. The molecule has 3 rings (SSSR count). The van der Waals surface area contributed by atoms with Crippen LogP contribution < -0.4 is 5.32 Å². The summed E-state index contributed by atoms with van der Waals surface area (Å²) in [5.74, 6) is 0. The third kappa shape index (κ3) is 0.469. The van der Waals surface area contributed by atoms with Crippen LogP contribution >= 0.6 is 0 Å². The van der Waals surface area contributed by atoms with Gasteiger partial charge in [0, 0.05) is 19.5 Å². The highest BCUT2D eigenvalue weighted by molar-refractivity contribution is 5.02. The van der Waals surface area contributed by atoms with Gasteiger partial charge in [0.05, 0.1) is 12.2 Å². The van der Waals surface area contributed by atoms with Crippen molar-refractivity contribution in [3.05, 3.63) is 6.42 Å². The van der Waals surface area contributed by atoms with E-state index in [2.05, 4.69) is 11.7 Å². The predicted octanol–water partition coefficient (Wildman–Crippen LogP) is -0.439. The molecule has 3 saturated heterocycles. The molecule has 0 aromatic rings. The fourth-order valence-corrected chi connectivity index (χ4v) is 1.07. The fraction of sp³-hybridized carbons (Fsp3) is 0.800. The van der Waals surface area contributed by atoms with Crippen molar-refractivity contribution in [2.24, 2.45) is 0 Å². The van der Waals surface area contributed by atoms with Crippen molar-refractivity contribution in [3.63, 3.8) is 0 Å². The molecule has 1 radical (unpaired) electrons. The zero-order valence-corrected chi connectivity index (χ0v) is 4.05. The summed E-state index contributed by atoms with van der Waals surface area (Å²) >= 11 is 0. The van der Waals surface area contributed by atoms with Crippen LogP contribution in [0, 0.1) is 6.42 Å². The molecule has 3 aliphatic heterocycles. The van der Waals surface area contributed by atoms with E-state index in [-0.39, 0.29) is 0 Å². The Hall–Kier alpha value is -0.0800. The van der Waals surface area contributed by atoms with E-state index in [4.69, 9.17) is 4.74 Å². The lowest BCUT2D eigenvalue weighted by atomic mass is 10.0. The Kier molecular flexibility index (Phi) is 0.664. The summed E-state index contributed by atoms with van der Waals surface area (Å²) in [4.78, 5) is 0. The Morgan fingerprint density at radius 2 is 2.00 bits per heavy atom. The SMILES string of the molecule is [CH]1C2CNCC1O2. The van der Waals surface area contributed by atoms with Crippen LogP contribution in [0.25, 0.3) is 0 Å². The normalized spacial score (nSPS) is 48.0. The molecular formula is C5H8NO. The van der Waals surface area contributed by atoms with Crippen LogP contribution in [-0.2, 0) is 4.74 Å². The molecule has 0 aromatic carbocycles. The number of hydrogen-bond acceptors (Lipinski definition) is 2. The van der Waals surface area contributed by atoms with Gasteiger partial charge in [0.25, 0.3) is 0 Å². The second-order valence-electron chi connectivity index (χ2n) is 2.06. The third-order valence-corrected chi connectivity index (χ3v) is 1.47. The second-order valence-corrected chi connectivity index (χ2v) is 2.06. The van der Waals surface area contributed by atoms with Crippen LogP contribution in [0.5, 0.6) is 0 Å². The summed E-state index contributed by atoms with van der Waals surface area (Å²) in [7, 11) is 0. The molecule has 39 valence electrons. The van der Waals surface area contributed by atoms with Gasteiger partial charge in [-0.2, -0.15) is 0 Å². The molecule has 3 heterocycles. The van der Waals surface area contributed by atoms with Crippen molar-refractivity contribution in [1.29, 1.82) is 0 Å². The van der Waals surface area contributed by atoms with Crippen molar-refractivity contribution < 1.29 is 4.74 Å². The Morgan fingerprint density at radius 1 is 1.43 bits per heavy atom. The van der Waals surface area contributed by atoms with Gasteiger partial charge in [-0.1, -0.05) is 0 Å². The van der Waals surface area contributed by atoms with Crippen molar-refractivity contribution in [2.45, 2.75) is 12.2 Å². The first-order valence-corrected chi connectivity index (χ1v) is 2.66. The lowest BCUT2D eigenvalue weighted by molar-refractivity contribution is -0.0860. The molecule has 0 spiro atoms. The highest BCUT2D eigenvalue weighted by Gasteiger charge is 2.33. The van der Waals surface area contributed by atoms with Crippen molar-refractivity contribution in [1.82, 2.24) is 5.32 Å². The summed E-state index contributed by atoms with van der Waals surface area (Å²) < 4.78 is 5.26. The van der Waals surface area contributed by atoms with Gasteiger partial charge in [-0.25, -0.2) is 0 Å². The minimum absolute atomic E-state index is 0.443. The second kappa shape index (κ2) is 1.20. The standard InChI is InChI=1S/C5H8NO/c1-4-2-6-3-5(1)7-4/h1,4-6H,2-3H2. The van der Waals surface area contributed by atoms with E-state index in [0.717, 1.165) is 13.1 Å². The molecule has 0 saturated carbocycles. The smallest absolute Gasteiger partial charge is 0.0762 e. The van der Waals surface area contributed by atoms with Crippen LogP contribution in [-0.4, -0.2) is 25.3 Å². The van der Waals surface area contributed by atoms with Crippen LogP contribution in [0.15, 0.2) is 0 Å². The van der Waals surface area contributed by atoms with Crippen molar-refractivity contribution >= 4 is 0 Å².